The highest BCUT2D eigenvalue weighted by atomic mass is 19.1. The lowest BCUT2D eigenvalue weighted by molar-refractivity contribution is -0.124. The van der Waals surface area contributed by atoms with Crippen molar-refractivity contribution in [1.29, 1.82) is 0 Å². The van der Waals surface area contributed by atoms with E-state index >= 15 is 0 Å². The molecule has 33 heavy (non-hydrogen) atoms. The van der Waals surface area contributed by atoms with E-state index in [1.54, 1.807) is 30.3 Å². The van der Waals surface area contributed by atoms with Crippen LogP contribution in [0.2, 0.25) is 0 Å². The zero-order valence-corrected chi connectivity index (χ0v) is 17.5. The number of carbonyl (C=O) groups is 2. The van der Waals surface area contributed by atoms with Gasteiger partial charge in [-0.15, -0.1) is 0 Å². The molecule has 2 amide bonds. The van der Waals surface area contributed by atoms with Gasteiger partial charge in [0.15, 0.2) is 5.96 Å². The maximum atomic E-state index is 13.5. The van der Waals surface area contributed by atoms with Crippen LogP contribution in [0.1, 0.15) is 12.8 Å². The van der Waals surface area contributed by atoms with E-state index in [0.29, 0.717) is 29.1 Å². The fourth-order valence-corrected chi connectivity index (χ4v) is 3.94. The first-order valence-electron chi connectivity index (χ1n) is 10.2. The van der Waals surface area contributed by atoms with E-state index in [4.69, 9.17) is 11.5 Å². The van der Waals surface area contributed by atoms with Gasteiger partial charge in [-0.05, 0) is 61.0 Å². The third-order valence-electron chi connectivity index (χ3n) is 5.54. The van der Waals surface area contributed by atoms with Gasteiger partial charge in [-0.25, -0.2) is 8.78 Å². The molecule has 10 heteroatoms. The lowest BCUT2D eigenvalue weighted by Gasteiger charge is -2.40. The van der Waals surface area contributed by atoms with Crippen molar-refractivity contribution in [2.45, 2.75) is 18.4 Å². The van der Waals surface area contributed by atoms with Gasteiger partial charge < -0.3 is 22.1 Å². The third-order valence-corrected chi connectivity index (χ3v) is 5.54. The lowest BCUT2D eigenvalue weighted by atomic mass is 9.78. The van der Waals surface area contributed by atoms with Crippen LogP contribution in [0.5, 0.6) is 0 Å². The average molecular weight is 452 g/mol. The number of guanidine groups is 1. The van der Waals surface area contributed by atoms with E-state index in [1.165, 1.54) is 24.3 Å². The van der Waals surface area contributed by atoms with Crippen LogP contribution in [-0.4, -0.2) is 29.9 Å². The van der Waals surface area contributed by atoms with Gasteiger partial charge in [0.2, 0.25) is 0 Å². The maximum absolute atomic E-state index is 13.5. The second-order valence-corrected chi connectivity index (χ2v) is 7.81. The second-order valence-electron chi connectivity index (χ2n) is 7.81. The van der Waals surface area contributed by atoms with Crippen LogP contribution in [0.25, 0.3) is 0 Å². The molecule has 1 aliphatic heterocycles. The molecule has 0 aromatic heterocycles. The third kappa shape index (κ3) is 4.69. The van der Waals surface area contributed by atoms with Crippen LogP contribution in [0, 0.1) is 11.6 Å². The van der Waals surface area contributed by atoms with E-state index in [-0.39, 0.29) is 24.5 Å². The zero-order chi connectivity index (χ0) is 23.6. The minimum absolute atomic E-state index is 0.0894. The number of hydrogen-bond acceptors (Lipinski definition) is 5. The molecule has 1 aliphatic carbocycles. The van der Waals surface area contributed by atoms with Crippen molar-refractivity contribution in [2.75, 3.05) is 17.2 Å². The molecule has 0 fully saturated rings. The summed E-state index contributed by atoms with van der Waals surface area (Å²) in [6.45, 7) is 0.206. The van der Waals surface area contributed by atoms with Crippen LogP contribution in [0.4, 0.5) is 20.2 Å². The van der Waals surface area contributed by atoms with Gasteiger partial charge in [0.25, 0.3) is 11.8 Å². The molecule has 1 unspecified atom stereocenters. The largest absolute Gasteiger partial charge is 0.374 e. The number of rotatable bonds is 7. The number of aliphatic imine (C=N–C) groups is 1. The van der Waals surface area contributed by atoms with Gasteiger partial charge in [-0.2, -0.15) is 0 Å². The number of carbonyl (C=O) groups excluding carboxylic acids is 2. The zero-order valence-electron chi connectivity index (χ0n) is 17.5. The normalized spacial score (nSPS) is 19.5. The molecule has 2 aromatic rings. The number of halogens is 2. The summed E-state index contributed by atoms with van der Waals surface area (Å²) in [5.74, 6) is -1.85. The lowest BCUT2D eigenvalue weighted by Crippen LogP contribution is -2.46. The summed E-state index contributed by atoms with van der Waals surface area (Å²) in [7, 11) is 0. The van der Waals surface area contributed by atoms with E-state index < -0.39 is 29.0 Å². The predicted molar refractivity (Wildman–Crippen MR) is 121 cm³/mol. The molecule has 8 nitrogen and oxygen atoms in total. The Labute approximate surface area is 188 Å². The Morgan fingerprint density at radius 2 is 1.58 bits per heavy atom. The van der Waals surface area contributed by atoms with Crippen LogP contribution in [-0.2, 0) is 9.59 Å². The van der Waals surface area contributed by atoms with Gasteiger partial charge in [0.1, 0.15) is 11.6 Å². The fourth-order valence-electron chi connectivity index (χ4n) is 3.94. The van der Waals surface area contributed by atoms with Crippen molar-refractivity contribution in [2.24, 2.45) is 16.5 Å². The molecule has 4 rings (SSSR count). The summed E-state index contributed by atoms with van der Waals surface area (Å²) >= 11 is 0. The monoisotopic (exact) mass is 452 g/mol. The van der Waals surface area contributed by atoms with Crippen LogP contribution < -0.4 is 27.4 Å². The number of hydrogen-bond donors (Lipinski definition) is 5. The number of benzene rings is 2. The Kier molecular flexibility index (Phi) is 5.82. The number of amides is 2. The maximum Gasteiger partial charge on any atom is 0.258 e. The van der Waals surface area contributed by atoms with Gasteiger partial charge in [-0.1, -0.05) is 0 Å². The molecule has 1 heterocycles. The first kappa shape index (κ1) is 22.0. The molecule has 0 saturated carbocycles. The Hall–Kier alpha value is -4.21. The number of imide groups is 1. The highest BCUT2D eigenvalue weighted by Crippen LogP contribution is 2.40. The molecule has 0 spiro atoms. The van der Waals surface area contributed by atoms with Gasteiger partial charge in [0.05, 0.1) is 11.1 Å². The van der Waals surface area contributed by atoms with Crippen molar-refractivity contribution in [3.8, 4) is 0 Å². The summed E-state index contributed by atoms with van der Waals surface area (Å²) in [5, 5.41) is 8.93. The Morgan fingerprint density at radius 3 is 2.18 bits per heavy atom. The van der Waals surface area contributed by atoms with Gasteiger partial charge in [0, 0.05) is 35.6 Å². The van der Waals surface area contributed by atoms with Gasteiger partial charge in [-0.3, -0.25) is 19.9 Å². The SMILES string of the molecule is NC(N)=NCCC1(Nc2ccc(F)cc2)CC2=C(C=C1Nc1ccc(F)cc1)C(=O)NC2=O. The summed E-state index contributed by atoms with van der Waals surface area (Å²) in [4.78, 5) is 28.9. The van der Waals surface area contributed by atoms with Crippen molar-refractivity contribution in [1.82, 2.24) is 5.32 Å². The molecular formula is C23H22F2N6O2. The molecule has 170 valence electrons. The topological polar surface area (TPSA) is 135 Å². The van der Waals surface area contributed by atoms with Crippen molar-refractivity contribution in [3.63, 3.8) is 0 Å². The summed E-state index contributed by atoms with van der Waals surface area (Å²) in [6.07, 6.45) is 2.05. The predicted octanol–water partition coefficient (Wildman–Crippen LogP) is 2.13. The Balaban J connectivity index is 1.79. The Bertz CT molecular complexity index is 1180. The van der Waals surface area contributed by atoms with Crippen molar-refractivity contribution in [3.05, 3.63) is 83.1 Å². The highest BCUT2D eigenvalue weighted by Gasteiger charge is 2.44. The standard InChI is InChI=1S/C23H22F2N6O2/c24-13-1-5-15(6-2-13)29-19-11-17-18(21(33)30-20(17)32)12-23(19,9-10-28-22(26)27)31-16-7-3-14(25)4-8-16/h1-8,11,29,31H,9-10,12H2,(H4,26,27,28)(H,30,32,33). The minimum Gasteiger partial charge on any atom is -0.374 e. The van der Waals surface area contributed by atoms with Crippen LogP contribution in [0.15, 0.2) is 76.4 Å². The second kappa shape index (κ2) is 8.73. The van der Waals surface area contributed by atoms with Crippen LogP contribution >= 0.6 is 0 Å². The molecule has 0 radical (unpaired) electrons. The Morgan fingerprint density at radius 1 is 0.970 bits per heavy atom. The quantitative estimate of drug-likeness (QED) is 0.248. The summed E-state index contributed by atoms with van der Waals surface area (Å²) in [5.41, 5.74) is 12.3. The van der Waals surface area contributed by atoms with E-state index in [2.05, 4.69) is 20.9 Å². The fraction of sp³-hybridized carbons (Fsp3) is 0.174. The van der Waals surface area contributed by atoms with Crippen molar-refractivity contribution >= 4 is 29.1 Å². The molecule has 0 bridgehead atoms. The molecule has 7 N–H and O–H groups in total. The average Bonchev–Trinajstić information content (AvgIpc) is 3.04. The van der Waals surface area contributed by atoms with Crippen LogP contribution in [0.3, 0.4) is 0 Å². The van der Waals surface area contributed by atoms with E-state index in [0.717, 1.165) is 0 Å². The highest BCUT2D eigenvalue weighted by molar-refractivity contribution is 6.21. The van der Waals surface area contributed by atoms with E-state index in [1.807, 2.05) is 0 Å². The molecule has 0 saturated heterocycles. The minimum atomic E-state index is -0.966. The van der Waals surface area contributed by atoms with E-state index in [9.17, 15) is 18.4 Å². The number of anilines is 2. The number of nitrogens with one attached hydrogen (secondary N) is 3. The molecule has 2 aromatic carbocycles. The smallest absolute Gasteiger partial charge is 0.258 e. The van der Waals surface area contributed by atoms with Gasteiger partial charge >= 0.3 is 0 Å². The number of nitrogens with two attached hydrogens (primary N) is 2. The number of nitrogens with zero attached hydrogens (tertiary/aromatic N) is 1. The summed E-state index contributed by atoms with van der Waals surface area (Å²) < 4.78 is 26.9. The molecule has 2 aliphatic rings. The van der Waals surface area contributed by atoms with Crippen molar-refractivity contribution < 1.29 is 18.4 Å². The molecule has 1 atom stereocenters. The summed E-state index contributed by atoms with van der Waals surface area (Å²) in [6, 6.07) is 11.5. The first-order chi connectivity index (χ1) is 15.8. The molecular weight excluding hydrogens is 430 g/mol. The first-order valence-corrected chi connectivity index (χ1v) is 10.2.